The number of para-hydroxylation sites is 1. The molecule has 0 amide bonds. The van der Waals surface area contributed by atoms with Crippen molar-refractivity contribution in [1.29, 1.82) is 0 Å². The van der Waals surface area contributed by atoms with Crippen LogP contribution in [0.3, 0.4) is 0 Å². The van der Waals surface area contributed by atoms with E-state index in [1.165, 1.54) is 0 Å². The number of benzene rings is 1. The number of aryl methyl sites for hydroxylation is 1. The first-order valence-corrected chi connectivity index (χ1v) is 7.72. The molecule has 4 heteroatoms. The lowest BCUT2D eigenvalue weighted by atomic mass is 10.2. The van der Waals surface area contributed by atoms with Gasteiger partial charge in [-0.25, -0.2) is 4.68 Å². The van der Waals surface area contributed by atoms with Gasteiger partial charge in [-0.3, -0.25) is 0 Å². The first kappa shape index (κ1) is 15.6. The second-order valence-electron chi connectivity index (χ2n) is 5.28. The average Bonchev–Trinajstić information content (AvgIpc) is 2.84. The van der Waals surface area contributed by atoms with Crippen LogP contribution in [0.4, 0.5) is 5.82 Å². The molecular formula is C17H25N3O. The predicted molar refractivity (Wildman–Crippen MR) is 87.0 cm³/mol. The lowest BCUT2D eigenvalue weighted by Gasteiger charge is -2.25. The van der Waals surface area contributed by atoms with Crippen LogP contribution in [-0.4, -0.2) is 28.0 Å². The molecule has 0 saturated carbocycles. The largest absolute Gasteiger partial charge is 0.391 e. The highest BCUT2D eigenvalue weighted by Gasteiger charge is 2.20. The SMILES string of the molecule is CCCN(CCC)c1c(CO)c(C)nn1-c1ccccc1. The van der Waals surface area contributed by atoms with E-state index in [2.05, 4.69) is 23.8 Å². The van der Waals surface area contributed by atoms with Crippen LogP contribution in [0.25, 0.3) is 5.69 Å². The molecule has 1 aromatic carbocycles. The van der Waals surface area contributed by atoms with Gasteiger partial charge in [0.05, 0.1) is 18.0 Å². The van der Waals surface area contributed by atoms with Crippen LogP contribution in [0.1, 0.15) is 37.9 Å². The highest BCUT2D eigenvalue weighted by Crippen LogP contribution is 2.27. The zero-order valence-corrected chi connectivity index (χ0v) is 13.2. The number of hydrogen-bond acceptors (Lipinski definition) is 3. The Morgan fingerprint density at radius 1 is 1.10 bits per heavy atom. The topological polar surface area (TPSA) is 41.3 Å². The van der Waals surface area contributed by atoms with Gasteiger partial charge in [0.1, 0.15) is 5.82 Å². The van der Waals surface area contributed by atoms with Crippen molar-refractivity contribution < 1.29 is 5.11 Å². The number of hydrogen-bond donors (Lipinski definition) is 1. The molecule has 1 aromatic heterocycles. The maximum Gasteiger partial charge on any atom is 0.138 e. The van der Waals surface area contributed by atoms with Crippen molar-refractivity contribution >= 4 is 5.82 Å². The van der Waals surface area contributed by atoms with Gasteiger partial charge >= 0.3 is 0 Å². The molecule has 114 valence electrons. The van der Waals surface area contributed by atoms with Gasteiger partial charge in [-0.1, -0.05) is 32.0 Å². The van der Waals surface area contributed by atoms with Crippen LogP contribution >= 0.6 is 0 Å². The lowest BCUT2D eigenvalue weighted by Crippen LogP contribution is -2.28. The van der Waals surface area contributed by atoms with Gasteiger partial charge in [0.25, 0.3) is 0 Å². The van der Waals surface area contributed by atoms with Gasteiger partial charge in [-0.05, 0) is 31.9 Å². The molecule has 1 heterocycles. The third-order valence-electron chi connectivity index (χ3n) is 3.60. The molecule has 2 aromatic rings. The number of aliphatic hydroxyl groups excluding tert-OH is 1. The maximum atomic E-state index is 9.76. The zero-order chi connectivity index (χ0) is 15.2. The monoisotopic (exact) mass is 287 g/mol. The summed E-state index contributed by atoms with van der Waals surface area (Å²) in [5.74, 6) is 1.03. The van der Waals surface area contributed by atoms with E-state index in [4.69, 9.17) is 0 Å². The molecule has 21 heavy (non-hydrogen) atoms. The van der Waals surface area contributed by atoms with Crippen molar-refractivity contribution in [3.63, 3.8) is 0 Å². The van der Waals surface area contributed by atoms with E-state index >= 15 is 0 Å². The van der Waals surface area contributed by atoms with Crippen LogP contribution < -0.4 is 4.90 Å². The number of rotatable bonds is 7. The summed E-state index contributed by atoms with van der Waals surface area (Å²) < 4.78 is 1.96. The molecule has 0 spiro atoms. The zero-order valence-electron chi connectivity index (χ0n) is 13.2. The summed E-state index contributed by atoms with van der Waals surface area (Å²) in [6, 6.07) is 10.1. The minimum absolute atomic E-state index is 0.0257. The van der Waals surface area contributed by atoms with E-state index in [0.717, 1.165) is 48.7 Å². The van der Waals surface area contributed by atoms with E-state index in [1.54, 1.807) is 0 Å². The molecule has 0 aliphatic carbocycles. The van der Waals surface area contributed by atoms with Gasteiger partial charge < -0.3 is 10.0 Å². The summed E-state index contributed by atoms with van der Waals surface area (Å²) in [4.78, 5) is 2.33. The number of aliphatic hydroxyl groups is 1. The minimum atomic E-state index is 0.0257. The third kappa shape index (κ3) is 3.27. The Labute approximate surface area is 127 Å². The summed E-state index contributed by atoms with van der Waals surface area (Å²) in [7, 11) is 0. The Kier molecular flexibility index (Phi) is 5.39. The van der Waals surface area contributed by atoms with E-state index in [9.17, 15) is 5.11 Å². The number of aromatic nitrogens is 2. The quantitative estimate of drug-likeness (QED) is 0.849. The lowest BCUT2D eigenvalue weighted by molar-refractivity contribution is 0.281. The minimum Gasteiger partial charge on any atom is -0.391 e. The fourth-order valence-electron chi connectivity index (χ4n) is 2.67. The molecule has 4 nitrogen and oxygen atoms in total. The van der Waals surface area contributed by atoms with Crippen LogP contribution in [0.2, 0.25) is 0 Å². The van der Waals surface area contributed by atoms with Gasteiger partial charge in [-0.15, -0.1) is 0 Å². The average molecular weight is 287 g/mol. The molecule has 0 aliphatic rings. The maximum absolute atomic E-state index is 9.76. The summed E-state index contributed by atoms with van der Waals surface area (Å²) in [5.41, 5.74) is 2.86. The molecule has 0 radical (unpaired) electrons. The molecular weight excluding hydrogens is 262 g/mol. The van der Waals surface area contributed by atoms with Crippen LogP contribution in [0.15, 0.2) is 30.3 Å². The Hall–Kier alpha value is -1.81. The van der Waals surface area contributed by atoms with Gasteiger partial charge in [0.2, 0.25) is 0 Å². The Balaban J connectivity index is 2.55. The summed E-state index contributed by atoms with van der Waals surface area (Å²) in [6.07, 6.45) is 2.15. The molecule has 1 N–H and O–H groups in total. The Bertz CT molecular complexity index is 557. The first-order valence-electron chi connectivity index (χ1n) is 7.72. The van der Waals surface area contributed by atoms with E-state index in [-0.39, 0.29) is 6.61 Å². The van der Waals surface area contributed by atoms with E-state index < -0.39 is 0 Å². The van der Waals surface area contributed by atoms with Crippen LogP contribution in [0, 0.1) is 6.92 Å². The molecule has 0 atom stereocenters. The number of nitrogens with zero attached hydrogens (tertiary/aromatic N) is 3. The van der Waals surface area contributed by atoms with Crippen molar-refractivity contribution in [3.05, 3.63) is 41.6 Å². The highest BCUT2D eigenvalue weighted by atomic mass is 16.3. The highest BCUT2D eigenvalue weighted by molar-refractivity contribution is 5.55. The predicted octanol–water partition coefficient (Wildman–Crippen LogP) is 3.30. The Morgan fingerprint density at radius 3 is 2.24 bits per heavy atom. The standard InChI is InChI=1S/C17H25N3O/c1-4-11-19(12-5-2)17-16(13-21)14(3)18-20(17)15-9-7-6-8-10-15/h6-10,21H,4-5,11-13H2,1-3H3. The molecule has 0 unspecified atom stereocenters. The van der Waals surface area contributed by atoms with E-state index in [0.29, 0.717) is 0 Å². The molecule has 0 fully saturated rings. The first-order chi connectivity index (χ1) is 10.2. The fraction of sp³-hybridized carbons (Fsp3) is 0.471. The fourth-order valence-corrected chi connectivity index (χ4v) is 2.67. The molecule has 0 bridgehead atoms. The van der Waals surface area contributed by atoms with Crippen LogP contribution in [0.5, 0.6) is 0 Å². The molecule has 0 aliphatic heterocycles. The molecule has 2 rings (SSSR count). The summed E-state index contributed by atoms with van der Waals surface area (Å²) >= 11 is 0. The van der Waals surface area contributed by atoms with Crippen molar-refractivity contribution in [2.75, 3.05) is 18.0 Å². The van der Waals surface area contributed by atoms with Gasteiger partial charge in [-0.2, -0.15) is 5.10 Å². The van der Waals surface area contributed by atoms with Gasteiger partial charge in [0, 0.05) is 18.7 Å². The summed E-state index contributed by atoms with van der Waals surface area (Å²) in [6.45, 7) is 8.29. The summed E-state index contributed by atoms with van der Waals surface area (Å²) in [5, 5.41) is 14.4. The van der Waals surface area contributed by atoms with Crippen molar-refractivity contribution in [3.8, 4) is 5.69 Å². The third-order valence-corrected chi connectivity index (χ3v) is 3.60. The second-order valence-corrected chi connectivity index (χ2v) is 5.28. The second kappa shape index (κ2) is 7.27. The van der Waals surface area contributed by atoms with Crippen molar-refractivity contribution in [1.82, 2.24) is 9.78 Å². The van der Waals surface area contributed by atoms with Crippen molar-refractivity contribution in [2.24, 2.45) is 0 Å². The number of anilines is 1. The van der Waals surface area contributed by atoms with E-state index in [1.807, 2.05) is 41.9 Å². The molecule has 0 saturated heterocycles. The smallest absolute Gasteiger partial charge is 0.138 e. The Morgan fingerprint density at radius 2 is 1.71 bits per heavy atom. The van der Waals surface area contributed by atoms with Crippen molar-refractivity contribution in [2.45, 2.75) is 40.2 Å². The van der Waals surface area contributed by atoms with Crippen LogP contribution in [-0.2, 0) is 6.61 Å². The normalized spacial score (nSPS) is 10.9. The van der Waals surface area contributed by atoms with Gasteiger partial charge in [0.15, 0.2) is 0 Å².